The molecule has 1 saturated carbocycles. The van der Waals surface area contributed by atoms with Crippen LogP contribution in [-0.4, -0.2) is 15.1 Å². The first kappa shape index (κ1) is 6.58. The molecule has 1 aliphatic carbocycles. The van der Waals surface area contributed by atoms with Crippen molar-refractivity contribution >= 4 is 0 Å². The predicted octanol–water partition coefficient (Wildman–Crippen LogP) is 1.45. The molecule has 1 aromatic rings. The monoisotopic (exact) mass is 150 g/mol. The van der Waals surface area contributed by atoms with Crippen molar-refractivity contribution < 1.29 is 5.11 Å². The van der Waals surface area contributed by atoms with E-state index in [1.54, 1.807) is 6.20 Å². The SMILES string of the molecule is Oc1ccnc(C2CCC2)n1. The van der Waals surface area contributed by atoms with Gasteiger partial charge in [0.15, 0.2) is 0 Å². The van der Waals surface area contributed by atoms with Gasteiger partial charge in [0.1, 0.15) is 5.82 Å². The zero-order valence-electron chi connectivity index (χ0n) is 6.20. The average Bonchev–Trinajstić information content (AvgIpc) is 1.83. The Morgan fingerprint density at radius 2 is 2.27 bits per heavy atom. The van der Waals surface area contributed by atoms with Gasteiger partial charge in [-0.2, -0.15) is 4.98 Å². The van der Waals surface area contributed by atoms with Gasteiger partial charge in [-0.1, -0.05) is 6.42 Å². The van der Waals surface area contributed by atoms with E-state index in [9.17, 15) is 0 Å². The zero-order valence-corrected chi connectivity index (χ0v) is 6.20. The second-order valence-corrected chi connectivity index (χ2v) is 2.90. The number of rotatable bonds is 1. The van der Waals surface area contributed by atoms with Crippen LogP contribution in [0, 0.1) is 0 Å². The molecule has 3 nitrogen and oxygen atoms in total. The van der Waals surface area contributed by atoms with Crippen LogP contribution in [0.5, 0.6) is 5.88 Å². The van der Waals surface area contributed by atoms with E-state index in [0.29, 0.717) is 5.92 Å². The Labute approximate surface area is 65.1 Å². The highest BCUT2D eigenvalue weighted by atomic mass is 16.3. The van der Waals surface area contributed by atoms with Crippen LogP contribution in [0.2, 0.25) is 0 Å². The first-order valence-corrected chi connectivity index (χ1v) is 3.88. The Kier molecular flexibility index (Phi) is 1.49. The molecule has 1 aliphatic rings. The van der Waals surface area contributed by atoms with Crippen LogP contribution in [0.3, 0.4) is 0 Å². The molecule has 2 rings (SSSR count). The number of hydrogen-bond acceptors (Lipinski definition) is 3. The maximum atomic E-state index is 9.03. The first-order valence-electron chi connectivity index (χ1n) is 3.88. The second-order valence-electron chi connectivity index (χ2n) is 2.90. The Hall–Kier alpha value is -1.12. The summed E-state index contributed by atoms with van der Waals surface area (Å²) in [7, 11) is 0. The lowest BCUT2D eigenvalue weighted by Gasteiger charge is -2.23. The Bertz CT molecular complexity index is 258. The van der Waals surface area contributed by atoms with E-state index in [2.05, 4.69) is 9.97 Å². The second kappa shape index (κ2) is 2.49. The molecule has 0 amide bonds. The van der Waals surface area contributed by atoms with Crippen molar-refractivity contribution in [1.82, 2.24) is 9.97 Å². The van der Waals surface area contributed by atoms with Gasteiger partial charge in [0.2, 0.25) is 5.88 Å². The minimum Gasteiger partial charge on any atom is -0.493 e. The van der Waals surface area contributed by atoms with E-state index < -0.39 is 0 Å². The molecule has 0 bridgehead atoms. The van der Waals surface area contributed by atoms with Gasteiger partial charge in [0.25, 0.3) is 0 Å². The van der Waals surface area contributed by atoms with E-state index >= 15 is 0 Å². The van der Waals surface area contributed by atoms with Crippen LogP contribution < -0.4 is 0 Å². The van der Waals surface area contributed by atoms with Gasteiger partial charge in [0, 0.05) is 18.2 Å². The number of hydrogen-bond donors (Lipinski definition) is 1. The number of aromatic hydroxyl groups is 1. The lowest BCUT2D eigenvalue weighted by atomic mass is 9.85. The summed E-state index contributed by atoms with van der Waals surface area (Å²) in [5.74, 6) is 1.39. The summed E-state index contributed by atoms with van der Waals surface area (Å²) in [6.45, 7) is 0. The molecular formula is C8H10N2O. The zero-order chi connectivity index (χ0) is 7.68. The largest absolute Gasteiger partial charge is 0.493 e. The highest BCUT2D eigenvalue weighted by Gasteiger charge is 2.21. The van der Waals surface area contributed by atoms with Crippen molar-refractivity contribution in [3.05, 3.63) is 18.1 Å². The van der Waals surface area contributed by atoms with Crippen LogP contribution in [0.4, 0.5) is 0 Å². The standard InChI is InChI=1S/C8H10N2O/c11-7-4-5-9-8(10-7)6-2-1-3-6/h4-6H,1-3H2,(H,9,10,11). The lowest BCUT2D eigenvalue weighted by Crippen LogP contribution is -2.11. The number of aromatic nitrogens is 2. The van der Waals surface area contributed by atoms with E-state index in [0.717, 1.165) is 5.82 Å². The predicted molar refractivity (Wildman–Crippen MR) is 40.3 cm³/mol. The van der Waals surface area contributed by atoms with Crippen molar-refractivity contribution in [2.75, 3.05) is 0 Å². The molecule has 0 unspecified atom stereocenters. The van der Waals surface area contributed by atoms with Crippen molar-refractivity contribution in [3.63, 3.8) is 0 Å². The summed E-state index contributed by atoms with van der Waals surface area (Å²) in [6.07, 6.45) is 5.21. The number of nitrogens with zero attached hydrogens (tertiary/aromatic N) is 2. The van der Waals surface area contributed by atoms with Gasteiger partial charge < -0.3 is 5.11 Å². The van der Waals surface area contributed by atoms with Crippen molar-refractivity contribution in [1.29, 1.82) is 0 Å². The van der Waals surface area contributed by atoms with Crippen LogP contribution in [0.15, 0.2) is 12.3 Å². The van der Waals surface area contributed by atoms with E-state index in [4.69, 9.17) is 5.11 Å². The molecular weight excluding hydrogens is 140 g/mol. The first-order chi connectivity index (χ1) is 5.36. The normalized spacial score (nSPS) is 17.8. The third-order valence-electron chi connectivity index (χ3n) is 2.13. The van der Waals surface area contributed by atoms with Crippen LogP contribution >= 0.6 is 0 Å². The smallest absolute Gasteiger partial charge is 0.214 e. The fourth-order valence-electron chi connectivity index (χ4n) is 1.23. The fourth-order valence-corrected chi connectivity index (χ4v) is 1.23. The Morgan fingerprint density at radius 1 is 1.45 bits per heavy atom. The molecule has 0 spiro atoms. The average molecular weight is 150 g/mol. The Morgan fingerprint density at radius 3 is 2.82 bits per heavy atom. The lowest BCUT2D eigenvalue weighted by molar-refractivity contribution is 0.388. The Balaban J connectivity index is 2.23. The summed E-state index contributed by atoms with van der Waals surface area (Å²) >= 11 is 0. The molecule has 0 saturated heterocycles. The maximum Gasteiger partial charge on any atom is 0.214 e. The molecule has 3 heteroatoms. The van der Waals surface area contributed by atoms with E-state index in [1.165, 1.54) is 25.3 Å². The summed E-state index contributed by atoms with van der Waals surface area (Å²) in [4.78, 5) is 8.03. The summed E-state index contributed by atoms with van der Waals surface area (Å²) < 4.78 is 0. The van der Waals surface area contributed by atoms with Crippen molar-refractivity contribution in [3.8, 4) is 5.88 Å². The third-order valence-corrected chi connectivity index (χ3v) is 2.13. The minimum absolute atomic E-state index is 0.0851. The van der Waals surface area contributed by atoms with Gasteiger partial charge >= 0.3 is 0 Å². The van der Waals surface area contributed by atoms with Gasteiger partial charge in [-0.25, -0.2) is 4.98 Å². The van der Waals surface area contributed by atoms with E-state index in [1.807, 2.05) is 0 Å². The highest BCUT2D eigenvalue weighted by Crippen LogP contribution is 2.34. The molecule has 11 heavy (non-hydrogen) atoms. The molecule has 0 aliphatic heterocycles. The summed E-state index contributed by atoms with van der Waals surface area (Å²) in [5.41, 5.74) is 0. The quantitative estimate of drug-likeness (QED) is 0.659. The molecule has 0 atom stereocenters. The molecule has 0 radical (unpaired) electrons. The van der Waals surface area contributed by atoms with E-state index in [-0.39, 0.29) is 5.88 Å². The summed E-state index contributed by atoms with van der Waals surface area (Å²) in [5, 5.41) is 9.03. The van der Waals surface area contributed by atoms with Crippen molar-refractivity contribution in [2.45, 2.75) is 25.2 Å². The van der Waals surface area contributed by atoms with Gasteiger partial charge in [-0.05, 0) is 12.8 Å². The van der Waals surface area contributed by atoms with Crippen molar-refractivity contribution in [2.24, 2.45) is 0 Å². The van der Waals surface area contributed by atoms with Gasteiger partial charge in [-0.3, -0.25) is 0 Å². The molecule has 0 aromatic carbocycles. The van der Waals surface area contributed by atoms with Crippen LogP contribution in [0.1, 0.15) is 31.0 Å². The third kappa shape index (κ3) is 1.18. The minimum atomic E-state index is 0.0851. The van der Waals surface area contributed by atoms with Gasteiger partial charge in [0.05, 0.1) is 0 Å². The molecule has 58 valence electrons. The van der Waals surface area contributed by atoms with Crippen LogP contribution in [-0.2, 0) is 0 Å². The fraction of sp³-hybridized carbons (Fsp3) is 0.500. The van der Waals surface area contributed by atoms with Crippen LogP contribution in [0.25, 0.3) is 0 Å². The molecule has 1 heterocycles. The summed E-state index contributed by atoms with van der Waals surface area (Å²) in [6, 6.07) is 1.50. The highest BCUT2D eigenvalue weighted by molar-refractivity contribution is 5.10. The molecule has 1 fully saturated rings. The molecule has 1 aromatic heterocycles. The maximum absolute atomic E-state index is 9.03. The topological polar surface area (TPSA) is 46.0 Å². The van der Waals surface area contributed by atoms with Gasteiger partial charge in [-0.15, -0.1) is 0 Å². The molecule has 1 N–H and O–H groups in total.